The van der Waals surface area contributed by atoms with Crippen molar-refractivity contribution < 1.29 is 5.11 Å². The molecule has 1 N–H and O–H groups in total. The van der Waals surface area contributed by atoms with Crippen molar-refractivity contribution in [3.8, 4) is 5.75 Å². The molecule has 0 fully saturated rings. The first-order valence-corrected chi connectivity index (χ1v) is 11.2. The minimum absolute atomic E-state index is 0.433. The first kappa shape index (κ1) is 20.9. The zero-order valence-electron chi connectivity index (χ0n) is 18.0. The molecule has 0 saturated carbocycles. The molecule has 0 unspecified atom stereocenters. The molecular formula is C30H30O. The van der Waals surface area contributed by atoms with Crippen LogP contribution in [0.25, 0.3) is 0 Å². The van der Waals surface area contributed by atoms with E-state index in [9.17, 15) is 5.11 Å². The fraction of sp³-hybridized carbons (Fsp3) is 0.200. The van der Waals surface area contributed by atoms with Crippen molar-refractivity contribution >= 4 is 0 Å². The van der Waals surface area contributed by atoms with Gasteiger partial charge in [0.25, 0.3) is 0 Å². The summed E-state index contributed by atoms with van der Waals surface area (Å²) in [6.45, 7) is 0. The standard InChI is InChI=1S/C30H30O/c31-30-23-20-27(19-16-24-10-4-1-5-11-24)28(21-17-25-12-6-2-7-13-25)29(30)22-18-26-14-8-3-9-15-26/h1-15,20,23,31H,16-19,21-22H2. The van der Waals surface area contributed by atoms with Crippen LogP contribution < -0.4 is 0 Å². The van der Waals surface area contributed by atoms with Gasteiger partial charge in [-0.1, -0.05) is 97.1 Å². The van der Waals surface area contributed by atoms with Gasteiger partial charge in [0, 0.05) is 0 Å². The highest BCUT2D eigenvalue weighted by atomic mass is 16.3. The highest BCUT2D eigenvalue weighted by molar-refractivity contribution is 5.46. The normalized spacial score (nSPS) is 10.8. The van der Waals surface area contributed by atoms with E-state index in [0.717, 1.165) is 44.1 Å². The lowest BCUT2D eigenvalue weighted by Crippen LogP contribution is -2.06. The molecule has 0 aliphatic carbocycles. The van der Waals surface area contributed by atoms with Crippen molar-refractivity contribution in [3.05, 3.63) is 137 Å². The maximum absolute atomic E-state index is 10.8. The maximum atomic E-state index is 10.8. The van der Waals surface area contributed by atoms with Gasteiger partial charge in [0.2, 0.25) is 0 Å². The molecule has 0 radical (unpaired) electrons. The Kier molecular flexibility index (Phi) is 7.18. The van der Waals surface area contributed by atoms with Gasteiger partial charge >= 0.3 is 0 Å². The molecule has 0 heterocycles. The summed E-state index contributed by atoms with van der Waals surface area (Å²) in [6.07, 6.45) is 5.75. The van der Waals surface area contributed by atoms with E-state index in [0.29, 0.717) is 5.75 Å². The predicted octanol–water partition coefficient (Wildman–Crippen LogP) is 6.75. The quantitative estimate of drug-likeness (QED) is 0.326. The van der Waals surface area contributed by atoms with Gasteiger partial charge in [0.15, 0.2) is 0 Å². The Morgan fingerprint density at radius 3 is 1.29 bits per heavy atom. The molecule has 0 bridgehead atoms. The number of aromatic hydroxyl groups is 1. The first-order chi connectivity index (χ1) is 15.3. The molecule has 0 aliphatic rings. The molecule has 4 rings (SSSR count). The molecule has 1 heteroatoms. The topological polar surface area (TPSA) is 20.2 Å². The molecule has 0 spiro atoms. The van der Waals surface area contributed by atoms with Gasteiger partial charge in [-0.15, -0.1) is 0 Å². The van der Waals surface area contributed by atoms with Crippen LogP contribution in [0.3, 0.4) is 0 Å². The molecule has 156 valence electrons. The SMILES string of the molecule is Oc1ccc(CCc2ccccc2)c(CCc2ccccc2)c1CCc1ccccc1. The van der Waals surface area contributed by atoms with Crippen molar-refractivity contribution in [2.45, 2.75) is 38.5 Å². The Hall–Kier alpha value is -3.32. The van der Waals surface area contributed by atoms with Crippen LogP contribution in [-0.2, 0) is 38.5 Å². The third-order valence-electron chi connectivity index (χ3n) is 6.04. The maximum Gasteiger partial charge on any atom is 0.119 e. The van der Waals surface area contributed by atoms with Gasteiger partial charge in [0.05, 0.1) is 0 Å². The first-order valence-electron chi connectivity index (χ1n) is 11.2. The second-order valence-corrected chi connectivity index (χ2v) is 8.16. The van der Waals surface area contributed by atoms with Crippen LogP contribution in [0.15, 0.2) is 103 Å². The number of aryl methyl sites for hydroxylation is 4. The molecule has 0 atom stereocenters. The van der Waals surface area contributed by atoms with E-state index in [1.54, 1.807) is 0 Å². The van der Waals surface area contributed by atoms with Gasteiger partial charge in [-0.2, -0.15) is 0 Å². The largest absolute Gasteiger partial charge is 0.508 e. The van der Waals surface area contributed by atoms with Crippen molar-refractivity contribution in [1.29, 1.82) is 0 Å². The number of phenols is 1. The number of hydrogen-bond acceptors (Lipinski definition) is 1. The zero-order valence-corrected chi connectivity index (χ0v) is 18.0. The van der Waals surface area contributed by atoms with E-state index >= 15 is 0 Å². The van der Waals surface area contributed by atoms with E-state index in [2.05, 4.69) is 97.1 Å². The third kappa shape index (κ3) is 5.86. The second kappa shape index (κ2) is 10.6. The van der Waals surface area contributed by atoms with Crippen molar-refractivity contribution in [1.82, 2.24) is 0 Å². The molecule has 0 aliphatic heterocycles. The summed E-state index contributed by atoms with van der Waals surface area (Å²) in [5.74, 6) is 0.433. The molecule has 0 amide bonds. The molecule has 4 aromatic rings. The molecule has 31 heavy (non-hydrogen) atoms. The average molecular weight is 407 g/mol. The molecule has 0 saturated heterocycles. The van der Waals surface area contributed by atoms with Crippen molar-refractivity contribution in [3.63, 3.8) is 0 Å². The summed E-state index contributed by atoms with van der Waals surface area (Å²) in [7, 11) is 0. The second-order valence-electron chi connectivity index (χ2n) is 8.16. The fourth-order valence-corrected chi connectivity index (χ4v) is 4.31. The smallest absolute Gasteiger partial charge is 0.119 e. The fourth-order valence-electron chi connectivity index (χ4n) is 4.31. The lowest BCUT2D eigenvalue weighted by atomic mass is 9.88. The molecule has 0 aromatic heterocycles. The summed E-state index contributed by atoms with van der Waals surface area (Å²) >= 11 is 0. The lowest BCUT2D eigenvalue weighted by molar-refractivity contribution is 0.466. The van der Waals surface area contributed by atoms with Gasteiger partial charge in [-0.25, -0.2) is 0 Å². The van der Waals surface area contributed by atoms with E-state index in [4.69, 9.17) is 0 Å². The molecular weight excluding hydrogens is 376 g/mol. The van der Waals surface area contributed by atoms with Crippen LogP contribution in [0, 0.1) is 0 Å². The van der Waals surface area contributed by atoms with Crippen LogP contribution in [0.1, 0.15) is 33.4 Å². The van der Waals surface area contributed by atoms with Crippen LogP contribution in [0.2, 0.25) is 0 Å². The number of rotatable bonds is 9. The summed E-state index contributed by atoms with van der Waals surface area (Å²) < 4.78 is 0. The van der Waals surface area contributed by atoms with Gasteiger partial charge < -0.3 is 5.11 Å². The Labute approximate surface area is 186 Å². The zero-order chi connectivity index (χ0) is 21.3. The minimum Gasteiger partial charge on any atom is -0.508 e. The predicted molar refractivity (Wildman–Crippen MR) is 130 cm³/mol. The summed E-state index contributed by atoms with van der Waals surface area (Å²) in [4.78, 5) is 0. The Morgan fingerprint density at radius 1 is 0.387 bits per heavy atom. The van der Waals surface area contributed by atoms with Crippen LogP contribution in [-0.4, -0.2) is 5.11 Å². The number of phenolic OH excluding ortho intramolecular Hbond substituents is 1. The van der Waals surface area contributed by atoms with Crippen LogP contribution in [0.4, 0.5) is 0 Å². The van der Waals surface area contributed by atoms with Crippen molar-refractivity contribution in [2.24, 2.45) is 0 Å². The highest BCUT2D eigenvalue weighted by Gasteiger charge is 2.14. The van der Waals surface area contributed by atoms with E-state index < -0.39 is 0 Å². The monoisotopic (exact) mass is 406 g/mol. The minimum atomic E-state index is 0.433. The molecule has 4 aromatic carbocycles. The average Bonchev–Trinajstić information content (AvgIpc) is 2.83. The number of hydrogen-bond donors (Lipinski definition) is 1. The summed E-state index contributed by atoms with van der Waals surface area (Å²) in [6, 6.07) is 35.9. The highest BCUT2D eigenvalue weighted by Crippen LogP contribution is 2.29. The summed E-state index contributed by atoms with van der Waals surface area (Å²) in [5, 5.41) is 10.8. The van der Waals surface area contributed by atoms with Gasteiger partial charge in [0.1, 0.15) is 5.75 Å². The van der Waals surface area contributed by atoms with E-state index in [1.165, 1.54) is 27.8 Å². The van der Waals surface area contributed by atoms with Crippen molar-refractivity contribution in [2.75, 3.05) is 0 Å². The molecule has 1 nitrogen and oxygen atoms in total. The Bertz CT molecular complexity index is 1070. The Morgan fingerprint density at radius 2 is 0.806 bits per heavy atom. The van der Waals surface area contributed by atoms with Crippen LogP contribution in [0.5, 0.6) is 5.75 Å². The Balaban J connectivity index is 1.59. The van der Waals surface area contributed by atoms with E-state index in [-0.39, 0.29) is 0 Å². The lowest BCUT2D eigenvalue weighted by Gasteiger charge is -2.17. The number of benzene rings is 4. The van der Waals surface area contributed by atoms with Gasteiger partial charge in [-0.3, -0.25) is 0 Å². The van der Waals surface area contributed by atoms with Crippen LogP contribution >= 0.6 is 0 Å². The van der Waals surface area contributed by atoms with E-state index in [1.807, 2.05) is 6.07 Å². The summed E-state index contributed by atoms with van der Waals surface area (Å²) in [5.41, 5.74) is 7.82. The van der Waals surface area contributed by atoms with Gasteiger partial charge in [-0.05, 0) is 78.0 Å². The third-order valence-corrected chi connectivity index (χ3v) is 6.04.